The van der Waals surface area contributed by atoms with Crippen molar-refractivity contribution in [1.82, 2.24) is 0 Å². The summed E-state index contributed by atoms with van der Waals surface area (Å²) in [4.78, 5) is 11.7. The van der Waals surface area contributed by atoms with Crippen molar-refractivity contribution in [3.63, 3.8) is 0 Å². The predicted molar refractivity (Wildman–Crippen MR) is 68.7 cm³/mol. The van der Waals surface area contributed by atoms with Gasteiger partial charge in [0.25, 0.3) is 10.1 Å². The Morgan fingerprint density at radius 3 is 2.47 bits per heavy atom. The van der Waals surface area contributed by atoms with Crippen molar-refractivity contribution in [2.45, 2.75) is 25.6 Å². The van der Waals surface area contributed by atoms with E-state index in [2.05, 4.69) is 0 Å². The molecule has 5 nitrogen and oxygen atoms in total. The Balaban J connectivity index is 1.72. The highest BCUT2D eigenvalue weighted by Crippen LogP contribution is 2.32. The average molecular weight is 284 g/mol. The van der Waals surface area contributed by atoms with Crippen molar-refractivity contribution < 1.29 is 22.1 Å². The van der Waals surface area contributed by atoms with Crippen LogP contribution >= 0.6 is 0 Å². The number of rotatable bonds is 5. The molecule has 1 aromatic rings. The van der Waals surface area contributed by atoms with E-state index in [4.69, 9.17) is 8.92 Å². The van der Waals surface area contributed by atoms with Crippen LogP contribution in [0.1, 0.15) is 18.4 Å². The summed E-state index contributed by atoms with van der Waals surface area (Å²) in [6.45, 7) is 0.244. The fourth-order valence-electron chi connectivity index (χ4n) is 1.93. The summed E-state index contributed by atoms with van der Waals surface area (Å²) in [5, 5.41) is 0. The Morgan fingerprint density at radius 2 is 1.89 bits per heavy atom. The molecule has 1 aliphatic rings. The van der Waals surface area contributed by atoms with Crippen molar-refractivity contribution >= 4 is 16.1 Å². The molecule has 19 heavy (non-hydrogen) atoms. The van der Waals surface area contributed by atoms with Gasteiger partial charge in [0.1, 0.15) is 6.61 Å². The summed E-state index contributed by atoms with van der Waals surface area (Å²) < 4.78 is 31.7. The zero-order valence-electron chi connectivity index (χ0n) is 10.6. The molecule has 0 aromatic heterocycles. The van der Waals surface area contributed by atoms with Gasteiger partial charge in [-0.2, -0.15) is 8.42 Å². The molecule has 0 N–H and O–H groups in total. The SMILES string of the molecule is CS(=O)(=O)OC1CC(C(=O)OCc2ccccc2)C1. The minimum absolute atomic E-state index is 0.244. The van der Waals surface area contributed by atoms with Crippen LogP contribution < -0.4 is 0 Å². The molecule has 2 rings (SSSR count). The van der Waals surface area contributed by atoms with Gasteiger partial charge in [-0.05, 0) is 18.4 Å². The lowest BCUT2D eigenvalue weighted by Gasteiger charge is -2.32. The lowest BCUT2D eigenvalue weighted by atomic mass is 9.82. The standard InChI is InChI=1S/C13H16O5S/c1-19(15,16)18-12-7-11(8-12)13(14)17-9-10-5-3-2-4-6-10/h2-6,11-12H,7-9H2,1H3. The van der Waals surface area contributed by atoms with Crippen LogP contribution in [-0.4, -0.2) is 26.7 Å². The van der Waals surface area contributed by atoms with Crippen LogP contribution in [0.25, 0.3) is 0 Å². The molecule has 0 spiro atoms. The highest BCUT2D eigenvalue weighted by Gasteiger charge is 2.38. The van der Waals surface area contributed by atoms with Gasteiger partial charge < -0.3 is 4.74 Å². The van der Waals surface area contributed by atoms with Crippen molar-refractivity contribution in [3.05, 3.63) is 35.9 Å². The van der Waals surface area contributed by atoms with Crippen molar-refractivity contribution in [2.24, 2.45) is 5.92 Å². The summed E-state index contributed by atoms with van der Waals surface area (Å²) >= 11 is 0. The fraction of sp³-hybridized carbons (Fsp3) is 0.462. The number of esters is 1. The van der Waals surface area contributed by atoms with E-state index < -0.39 is 10.1 Å². The molecule has 0 unspecified atom stereocenters. The Kier molecular flexibility index (Phi) is 4.21. The van der Waals surface area contributed by atoms with Gasteiger partial charge in [-0.25, -0.2) is 0 Å². The first-order chi connectivity index (χ1) is 8.94. The van der Waals surface area contributed by atoms with Gasteiger partial charge >= 0.3 is 5.97 Å². The molecule has 0 amide bonds. The fourth-order valence-corrected chi connectivity index (χ4v) is 2.58. The van der Waals surface area contributed by atoms with Crippen molar-refractivity contribution in [1.29, 1.82) is 0 Å². The molecule has 0 atom stereocenters. The zero-order valence-corrected chi connectivity index (χ0v) is 11.4. The van der Waals surface area contributed by atoms with Gasteiger partial charge in [0.05, 0.1) is 18.3 Å². The number of carbonyl (C=O) groups is 1. The molecule has 1 saturated carbocycles. The summed E-state index contributed by atoms with van der Waals surface area (Å²) in [6, 6.07) is 9.41. The number of carbonyl (C=O) groups excluding carboxylic acids is 1. The van der Waals surface area contributed by atoms with E-state index in [0.29, 0.717) is 12.8 Å². The lowest BCUT2D eigenvalue weighted by molar-refractivity contribution is -0.156. The number of ether oxygens (including phenoxy) is 1. The van der Waals surface area contributed by atoms with Crippen LogP contribution in [0.5, 0.6) is 0 Å². The molecule has 0 radical (unpaired) electrons. The van der Waals surface area contributed by atoms with Gasteiger partial charge in [-0.3, -0.25) is 8.98 Å². The molecule has 1 aliphatic carbocycles. The Bertz CT molecular complexity index is 531. The monoisotopic (exact) mass is 284 g/mol. The van der Waals surface area contributed by atoms with Gasteiger partial charge in [-0.15, -0.1) is 0 Å². The maximum atomic E-state index is 11.7. The zero-order chi connectivity index (χ0) is 13.9. The molecule has 0 heterocycles. The van der Waals surface area contributed by atoms with Crippen molar-refractivity contribution in [2.75, 3.05) is 6.26 Å². The van der Waals surface area contributed by atoms with Crippen LogP contribution in [0.2, 0.25) is 0 Å². The quantitative estimate of drug-likeness (QED) is 0.605. The molecule has 0 bridgehead atoms. The summed E-state index contributed by atoms with van der Waals surface area (Å²) in [5.41, 5.74) is 0.930. The Labute approximate surface area is 112 Å². The smallest absolute Gasteiger partial charge is 0.309 e. The largest absolute Gasteiger partial charge is 0.461 e. The third-order valence-electron chi connectivity index (χ3n) is 2.96. The van der Waals surface area contributed by atoms with E-state index in [0.717, 1.165) is 11.8 Å². The maximum Gasteiger partial charge on any atom is 0.309 e. The second-order valence-corrected chi connectivity index (χ2v) is 6.28. The summed E-state index contributed by atoms with van der Waals surface area (Å²) in [5.74, 6) is -0.548. The van der Waals surface area contributed by atoms with E-state index in [1.807, 2.05) is 30.3 Å². The van der Waals surface area contributed by atoms with Crippen molar-refractivity contribution in [3.8, 4) is 0 Å². The first-order valence-corrected chi connectivity index (χ1v) is 7.84. The lowest BCUT2D eigenvalue weighted by Crippen LogP contribution is -2.38. The van der Waals surface area contributed by atoms with Crippen LogP contribution in [0.15, 0.2) is 30.3 Å². The van der Waals surface area contributed by atoms with E-state index in [9.17, 15) is 13.2 Å². The second-order valence-electron chi connectivity index (χ2n) is 4.68. The molecular weight excluding hydrogens is 268 g/mol. The van der Waals surface area contributed by atoms with Crippen LogP contribution in [0.4, 0.5) is 0 Å². The minimum Gasteiger partial charge on any atom is -0.461 e. The first-order valence-electron chi connectivity index (χ1n) is 6.03. The van der Waals surface area contributed by atoms with Gasteiger partial charge in [-0.1, -0.05) is 30.3 Å². The molecular formula is C13H16O5S. The van der Waals surface area contributed by atoms with E-state index in [1.165, 1.54) is 0 Å². The molecule has 1 aromatic carbocycles. The van der Waals surface area contributed by atoms with Crippen LogP contribution in [0.3, 0.4) is 0 Å². The molecule has 6 heteroatoms. The molecule has 0 saturated heterocycles. The third kappa shape index (κ3) is 4.33. The van der Waals surface area contributed by atoms with E-state index >= 15 is 0 Å². The van der Waals surface area contributed by atoms with Gasteiger partial charge in [0.2, 0.25) is 0 Å². The highest BCUT2D eigenvalue weighted by molar-refractivity contribution is 7.86. The molecule has 1 fully saturated rings. The number of hydrogen-bond donors (Lipinski definition) is 0. The van der Waals surface area contributed by atoms with Gasteiger partial charge in [0.15, 0.2) is 0 Å². The van der Waals surface area contributed by atoms with Gasteiger partial charge in [0, 0.05) is 0 Å². The third-order valence-corrected chi connectivity index (χ3v) is 3.58. The normalized spacial score (nSPS) is 22.6. The Hall–Kier alpha value is -1.40. The summed E-state index contributed by atoms with van der Waals surface area (Å²) in [6.07, 6.45) is 1.43. The number of hydrogen-bond acceptors (Lipinski definition) is 5. The molecule has 0 aliphatic heterocycles. The van der Waals surface area contributed by atoms with E-state index in [-0.39, 0.29) is 24.6 Å². The molecule has 104 valence electrons. The topological polar surface area (TPSA) is 69.7 Å². The minimum atomic E-state index is -3.44. The number of benzene rings is 1. The van der Waals surface area contributed by atoms with E-state index in [1.54, 1.807) is 0 Å². The van der Waals surface area contributed by atoms with Crippen LogP contribution in [0, 0.1) is 5.92 Å². The first kappa shape index (κ1) is 14.0. The maximum absolute atomic E-state index is 11.7. The highest BCUT2D eigenvalue weighted by atomic mass is 32.2. The second kappa shape index (κ2) is 5.71. The predicted octanol–water partition coefficient (Wildman–Crippen LogP) is 1.48. The summed E-state index contributed by atoms with van der Waals surface area (Å²) in [7, 11) is -3.44. The average Bonchev–Trinajstić information content (AvgIpc) is 2.30. The van der Waals surface area contributed by atoms with Crippen LogP contribution in [-0.2, 0) is 30.4 Å². The Morgan fingerprint density at radius 1 is 1.26 bits per heavy atom.